The number of carbonyl (C=O) groups is 1. The lowest BCUT2D eigenvalue weighted by atomic mass is 9.95. The summed E-state index contributed by atoms with van der Waals surface area (Å²) in [4.78, 5) is 26.5. The lowest BCUT2D eigenvalue weighted by Gasteiger charge is -2.30. The van der Waals surface area contributed by atoms with Crippen LogP contribution in [0.5, 0.6) is 0 Å². The van der Waals surface area contributed by atoms with E-state index in [1.165, 1.54) is 16.4 Å². The molecule has 0 N–H and O–H groups in total. The Morgan fingerprint density at radius 2 is 1.86 bits per heavy atom. The van der Waals surface area contributed by atoms with Gasteiger partial charge in [-0.1, -0.05) is 30.8 Å². The van der Waals surface area contributed by atoms with Crippen LogP contribution in [-0.2, 0) is 11.3 Å². The quantitative estimate of drug-likeness (QED) is 0.624. The van der Waals surface area contributed by atoms with Crippen LogP contribution in [0.4, 0.5) is 0 Å². The van der Waals surface area contributed by atoms with E-state index < -0.39 is 0 Å². The molecular formula is C24H26N2O3. The Bertz CT molecular complexity index is 1130. The first kappa shape index (κ1) is 19.2. The summed E-state index contributed by atoms with van der Waals surface area (Å²) in [6, 6.07) is 12.1. The van der Waals surface area contributed by atoms with E-state index >= 15 is 0 Å². The van der Waals surface area contributed by atoms with Crippen molar-refractivity contribution < 1.29 is 9.32 Å². The van der Waals surface area contributed by atoms with Crippen molar-refractivity contribution in [2.75, 3.05) is 13.1 Å². The number of rotatable bonds is 4. The molecule has 5 heteroatoms. The van der Waals surface area contributed by atoms with E-state index in [1.807, 2.05) is 36.1 Å². The van der Waals surface area contributed by atoms with E-state index in [2.05, 4.69) is 25.6 Å². The second-order valence-corrected chi connectivity index (χ2v) is 7.91. The third kappa shape index (κ3) is 3.65. The molecule has 0 saturated carbocycles. The molecule has 2 heterocycles. The van der Waals surface area contributed by atoms with Crippen molar-refractivity contribution in [3.63, 3.8) is 0 Å². The largest absolute Gasteiger partial charge is 0.376 e. The number of benzene rings is 2. The van der Waals surface area contributed by atoms with Crippen LogP contribution in [0.2, 0.25) is 0 Å². The van der Waals surface area contributed by atoms with Gasteiger partial charge in [-0.15, -0.1) is 0 Å². The normalized spacial score (nSPS) is 15.0. The lowest BCUT2D eigenvalue weighted by Crippen LogP contribution is -2.38. The molecule has 1 saturated heterocycles. The van der Waals surface area contributed by atoms with Gasteiger partial charge in [-0.3, -0.25) is 9.59 Å². The molecule has 5 nitrogen and oxygen atoms in total. The topological polar surface area (TPSA) is 55.5 Å². The van der Waals surface area contributed by atoms with Gasteiger partial charge in [0.05, 0.1) is 11.9 Å². The fraction of sp³-hybridized carbons (Fsp3) is 0.333. The molecule has 4 rings (SSSR count). The minimum Gasteiger partial charge on any atom is -0.376 e. The van der Waals surface area contributed by atoms with Crippen LogP contribution in [-0.4, -0.2) is 28.6 Å². The van der Waals surface area contributed by atoms with E-state index in [4.69, 9.17) is 4.52 Å². The average Bonchev–Trinajstić information content (AvgIpc) is 3.02. The molecular weight excluding hydrogens is 364 g/mol. The highest BCUT2D eigenvalue weighted by molar-refractivity contribution is 5.87. The van der Waals surface area contributed by atoms with Gasteiger partial charge in [-0.25, -0.2) is 0 Å². The summed E-state index contributed by atoms with van der Waals surface area (Å²) in [6.07, 6.45) is 3.07. The molecule has 0 unspecified atom stereocenters. The Kier molecular flexibility index (Phi) is 5.14. The standard InChI is InChI=1S/C24H26N2O3/c1-4-23(27)25-11-9-18(10-12-25)15-26-24(28)21-14-20(17(3)13-22(21)29-26)19-8-6-5-7-16(19)2/h4-8,13-14,18H,1,9-12,15H2,2-3H3. The van der Waals surface area contributed by atoms with E-state index in [-0.39, 0.29) is 11.5 Å². The maximum Gasteiger partial charge on any atom is 0.290 e. The molecule has 0 spiro atoms. The molecule has 29 heavy (non-hydrogen) atoms. The number of aromatic nitrogens is 1. The Balaban J connectivity index is 1.60. The minimum atomic E-state index is -0.0839. The number of amides is 1. The highest BCUT2D eigenvalue weighted by Gasteiger charge is 2.23. The van der Waals surface area contributed by atoms with Gasteiger partial charge in [-0.05, 0) is 73.1 Å². The van der Waals surface area contributed by atoms with Gasteiger partial charge < -0.3 is 9.42 Å². The van der Waals surface area contributed by atoms with Crippen LogP contribution < -0.4 is 5.56 Å². The maximum absolute atomic E-state index is 13.0. The van der Waals surface area contributed by atoms with Crippen LogP contribution in [0.3, 0.4) is 0 Å². The van der Waals surface area contributed by atoms with E-state index in [1.54, 1.807) is 0 Å². The summed E-state index contributed by atoms with van der Waals surface area (Å²) in [5, 5.41) is 0.619. The van der Waals surface area contributed by atoms with Crippen molar-refractivity contribution in [3.8, 4) is 11.1 Å². The number of fused-ring (bicyclic) bond motifs is 1. The first-order chi connectivity index (χ1) is 14.0. The Morgan fingerprint density at radius 3 is 2.55 bits per heavy atom. The van der Waals surface area contributed by atoms with Crippen LogP contribution in [0.1, 0.15) is 24.0 Å². The molecule has 0 aliphatic carbocycles. The molecule has 1 fully saturated rings. The summed E-state index contributed by atoms with van der Waals surface area (Å²) in [6.45, 7) is 9.61. The SMILES string of the molecule is C=CC(=O)N1CCC(Cn2oc3cc(C)c(-c4ccccc4C)cc3c2=O)CC1. The smallest absolute Gasteiger partial charge is 0.290 e. The zero-order valence-corrected chi connectivity index (χ0v) is 17.0. The van der Waals surface area contributed by atoms with Crippen LogP contribution >= 0.6 is 0 Å². The van der Waals surface area contributed by atoms with Gasteiger partial charge in [-0.2, -0.15) is 4.74 Å². The zero-order chi connectivity index (χ0) is 20.5. The monoisotopic (exact) mass is 390 g/mol. The molecule has 1 aliphatic rings. The summed E-state index contributed by atoms with van der Waals surface area (Å²) in [7, 11) is 0. The molecule has 0 atom stereocenters. The fourth-order valence-electron chi connectivity index (χ4n) is 4.20. The van der Waals surface area contributed by atoms with E-state index in [0.717, 1.165) is 29.5 Å². The van der Waals surface area contributed by atoms with E-state index in [9.17, 15) is 9.59 Å². The second-order valence-electron chi connectivity index (χ2n) is 7.91. The predicted octanol–water partition coefficient (Wildman–Crippen LogP) is 4.30. The van der Waals surface area contributed by atoms with Crippen molar-refractivity contribution in [1.29, 1.82) is 0 Å². The number of likely N-dealkylation sites (tertiary alicyclic amines) is 1. The van der Waals surface area contributed by atoms with Crippen molar-refractivity contribution in [2.45, 2.75) is 33.2 Å². The van der Waals surface area contributed by atoms with Crippen LogP contribution in [0, 0.1) is 19.8 Å². The third-order valence-electron chi connectivity index (χ3n) is 5.95. The van der Waals surface area contributed by atoms with Gasteiger partial charge in [0.25, 0.3) is 5.56 Å². The van der Waals surface area contributed by atoms with Crippen molar-refractivity contribution >= 4 is 16.9 Å². The fourth-order valence-corrected chi connectivity index (χ4v) is 4.20. The molecule has 0 bridgehead atoms. The van der Waals surface area contributed by atoms with Crippen molar-refractivity contribution in [1.82, 2.24) is 9.64 Å². The Hall–Kier alpha value is -3.08. The molecule has 3 aromatic rings. The third-order valence-corrected chi connectivity index (χ3v) is 5.95. The van der Waals surface area contributed by atoms with Gasteiger partial charge in [0.1, 0.15) is 0 Å². The number of aryl methyl sites for hydroxylation is 2. The molecule has 1 aliphatic heterocycles. The zero-order valence-electron chi connectivity index (χ0n) is 17.0. The van der Waals surface area contributed by atoms with Crippen molar-refractivity contribution in [3.05, 3.63) is 70.5 Å². The second kappa shape index (κ2) is 7.74. The molecule has 1 amide bonds. The predicted molar refractivity (Wildman–Crippen MR) is 115 cm³/mol. The van der Waals surface area contributed by atoms with E-state index in [0.29, 0.717) is 36.5 Å². The number of piperidine rings is 1. The van der Waals surface area contributed by atoms with Gasteiger partial charge in [0, 0.05) is 13.1 Å². The Morgan fingerprint density at radius 1 is 1.14 bits per heavy atom. The average molecular weight is 390 g/mol. The molecule has 2 aromatic carbocycles. The first-order valence-electron chi connectivity index (χ1n) is 10.1. The minimum absolute atomic E-state index is 0.0245. The van der Waals surface area contributed by atoms with Crippen LogP contribution in [0.15, 0.2) is 58.4 Å². The Labute approximate surface area is 170 Å². The number of nitrogens with zero attached hydrogens (tertiary/aromatic N) is 2. The summed E-state index contributed by atoms with van der Waals surface area (Å²) in [5.74, 6) is 0.294. The van der Waals surface area contributed by atoms with Gasteiger partial charge in [0.2, 0.25) is 5.91 Å². The van der Waals surface area contributed by atoms with Crippen molar-refractivity contribution in [2.24, 2.45) is 5.92 Å². The molecule has 0 radical (unpaired) electrons. The summed E-state index contributed by atoms with van der Waals surface area (Å²) in [5.41, 5.74) is 5.02. The number of hydrogen-bond acceptors (Lipinski definition) is 3. The summed E-state index contributed by atoms with van der Waals surface area (Å²) < 4.78 is 7.39. The highest BCUT2D eigenvalue weighted by Crippen LogP contribution is 2.30. The number of carbonyl (C=O) groups excluding carboxylic acids is 1. The van der Waals surface area contributed by atoms with Gasteiger partial charge >= 0.3 is 0 Å². The summed E-state index contributed by atoms with van der Waals surface area (Å²) >= 11 is 0. The number of hydrogen-bond donors (Lipinski definition) is 0. The maximum atomic E-state index is 13.0. The first-order valence-corrected chi connectivity index (χ1v) is 10.1. The lowest BCUT2D eigenvalue weighted by molar-refractivity contribution is -0.127. The van der Waals surface area contributed by atoms with Crippen LogP contribution in [0.25, 0.3) is 22.1 Å². The van der Waals surface area contributed by atoms with Gasteiger partial charge in [0.15, 0.2) is 5.58 Å². The molecule has 150 valence electrons. The highest BCUT2D eigenvalue weighted by atomic mass is 16.5. The molecule has 1 aromatic heterocycles.